The van der Waals surface area contributed by atoms with E-state index < -0.39 is 0 Å². The van der Waals surface area contributed by atoms with Crippen LogP contribution in [0.1, 0.15) is 24.0 Å². The van der Waals surface area contributed by atoms with Gasteiger partial charge in [-0.1, -0.05) is 18.2 Å². The van der Waals surface area contributed by atoms with Crippen molar-refractivity contribution in [1.29, 1.82) is 0 Å². The van der Waals surface area contributed by atoms with Crippen LogP contribution in [0.4, 0.5) is 0 Å². The van der Waals surface area contributed by atoms with Gasteiger partial charge < -0.3 is 14.8 Å². The van der Waals surface area contributed by atoms with Crippen molar-refractivity contribution in [2.45, 2.75) is 32.1 Å². The lowest BCUT2D eigenvalue weighted by Crippen LogP contribution is -2.33. The van der Waals surface area contributed by atoms with E-state index in [4.69, 9.17) is 9.47 Å². The molecule has 1 unspecified atom stereocenters. The van der Waals surface area contributed by atoms with Crippen LogP contribution in [0.5, 0.6) is 5.75 Å². The van der Waals surface area contributed by atoms with E-state index in [-0.39, 0.29) is 12.0 Å². The highest BCUT2D eigenvalue weighted by Crippen LogP contribution is 2.15. The number of carbonyl (C=O) groups is 1. The molecule has 1 saturated heterocycles. The van der Waals surface area contributed by atoms with Gasteiger partial charge in [-0.3, -0.25) is 9.78 Å². The maximum Gasteiger partial charge on any atom is 0.249 e. The van der Waals surface area contributed by atoms with E-state index in [2.05, 4.69) is 10.3 Å². The third-order valence-corrected chi connectivity index (χ3v) is 3.74. The summed E-state index contributed by atoms with van der Waals surface area (Å²) in [5.41, 5.74) is 2.06. The number of hydrogen-bond acceptors (Lipinski definition) is 4. The van der Waals surface area contributed by atoms with Crippen molar-refractivity contribution < 1.29 is 14.3 Å². The SMILES string of the molecule is O=C(NCc1ccc(OCc2cccnc2)cc1)C1CCCO1. The van der Waals surface area contributed by atoms with Crippen LogP contribution >= 0.6 is 0 Å². The summed E-state index contributed by atoms with van der Waals surface area (Å²) < 4.78 is 11.1. The molecule has 1 atom stereocenters. The Morgan fingerprint density at radius 1 is 1.26 bits per heavy atom. The van der Waals surface area contributed by atoms with Gasteiger partial charge in [-0.2, -0.15) is 0 Å². The fourth-order valence-electron chi connectivity index (χ4n) is 2.44. The summed E-state index contributed by atoms with van der Waals surface area (Å²) in [6.45, 7) is 1.67. The summed E-state index contributed by atoms with van der Waals surface area (Å²) in [6, 6.07) is 11.6. The van der Waals surface area contributed by atoms with Gasteiger partial charge in [-0.25, -0.2) is 0 Å². The summed E-state index contributed by atoms with van der Waals surface area (Å²) in [6.07, 6.45) is 5.02. The van der Waals surface area contributed by atoms with Crippen molar-refractivity contribution in [3.05, 3.63) is 59.9 Å². The van der Waals surface area contributed by atoms with Gasteiger partial charge in [0.05, 0.1) is 0 Å². The average molecular weight is 312 g/mol. The number of nitrogens with one attached hydrogen (secondary N) is 1. The first-order chi connectivity index (χ1) is 11.3. The van der Waals surface area contributed by atoms with Crippen LogP contribution < -0.4 is 10.1 Å². The highest BCUT2D eigenvalue weighted by Gasteiger charge is 2.22. The first-order valence-electron chi connectivity index (χ1n) is 7.81. The number of rotatable bonds is 6. The van der Waals surface area contributed by atoms with Gasteiger partial charge in [0, 0.05) is 31.1 Å². The minimum Gasteiger partial charge on any atom is -0.489 e. The molecular weight excluding hydrogens is 292 g/mol. The quantitative estimate of drug-likeness (QED) is 0.890. The van der Waals surface area contributed by atoms with Gasteiger partial charge in [0.25, 0.3) is 0 Å². The van der Waals surface area contributed by atoms with Crippen LogP contribution in [0.3, 0.4) is 0 Å². The predicted molar refractivity (Wildman–Crippen MR) is 85.8 cm³/mol. The van der Waals surface area contributed by atoms with Crippen LogP contribution in [-0.2, 0) is 22.7 Å². The minimum atomic E-state index is -0.280. The molecule has 1 aliphatic heterocycles. The Morgan fingerprint density at radius 3 is 2.83 bits per heavy atom. The zero-order chi connectivity index (χ0) is 15.9. The van der Waals surface area contributed by atoms with Gasteiger partial charge in [-0.15, -0.1) is 0 Å². The molecule has 1 aromatic heterocycles. The molecule has 23 heavy (non-hydrogen) atoms. The maximum absolute atomic E-state index is 11.9. The molecule has 0 bridgehead atoms. The molecule has 5 nitrogen and oxygen atoms in total. The van der Waals surface area contributed by atoms with Crippen molar-refractivity contribution in [3.63, 3.8) is 0 Å². The molecule has 1 N–H and O–H groups in total. The Kier molecular flexibility index (Phi) is 5.21. The Hall–Kier alpha value is -2.40. The number of ether oxygens (including phenoxy) is 2. The molecule has 0 radical (unpaired) electrons. The van der Waals surface area contributed by atoms with Crippen LogP contribution in [0, 0.1) is 0 Å². The third kappa shape index (κ3) is 4.53. The summed E-state index contributed by atoms with van der Waals surface area (Å²) in [5.74, 6) is 0.766. The van der Waals surface area contributed by atoms with E-state index in [1.54, 1.807) is 12.4 Å². The smallest absolute Gasteiger partial charge is 0.249 e. The lowest BCUT2D eigenvalue weighted by atomic mass is 10.2. The molecule has 1 aromatic carbocycles. The van der Waals surface area contributed by atoms with Crippen molar-refractivity contribution in [3.8, 4) is 5.75 Å². The maximum atomic E-state index is 11.9. The van der Waals surface area contributed by atoms with Crippen LogP contribution in [-0.4, -0.2) is 23.6 Å². The molecule has 0 spiro atoms. The number of pyridine rings is 1. The van der Waals surface area contributed by atoms with E-state index in [0.717, 1.165) is 29.7 Å². The van der Waals surface area contributed by atoms with Crippen molar-refractivity contribution in [2.24, 2.45) is 0 Å². The second-order valence-corrected chi connectivity index (χ2v) is 5.51. The summed E-state index contributed by atoms with van der Waals surface area (Å²) in [4.78, 5) is 15.9. The van der Waals surface area contributed by atoms with E-state index in [9.17, 15) is 4.79 Å². The fourth-order valence-corrected chi connectivity index (χ4v) is 2.44. The number of aromatic nitrogens is 1. The second-order valence-electron chi connectivity index (χ2n) is 5.51. The molecule has 2 heterocycles. The number of benzene rings is 1. The average Bonchev–Trinajstić information content (AvgIpc) is 3.14. The normalized spacial score (nSPS) is 17.0. The third-order valence-electron chi connectivity index (χ3n) is 3.74. The summed E-state index contributed by atoms with van der Waals surface area (Å²) in [7, 11) is 0. The lowest BCUT2D eigenvalue weighted by Gasteiger charge is -2.11. The molecule has 3 rings (SSSR count). The number of nitrogens with zero attached hydrogens (tertiary/aromatic N) is 1. The monoisotopic (exact) mass is 312 g/mol. The Labute approximate surface area is 135 Å². The van der Waals surface area contributed by atoms with Crippen molar-refractivity contribution >= 4 is 5.91 Å². The van der Waals surface area contributed by atoms with Gasteiger partial charge in [0.15, 0.2) is 0 Å². The molecule has 1 aliphatic rings. The Morgan fingerprint density at radius 2 is 2.13 bits per heavy atom. The van der Waals surface area contributed by atoms with Gasteiger partial charge in [0.2, 0.25) is 5.91 Å². The first kappa shape index (κ1) is 15.5. The summed E-state index contributed by atoms with van der Waals surface area (Å²) in [5, 5.41) is 2.91. The van der Waals surface area contributed by atoms with Gasteiger partial charge >= 0.3 is 0 Å². The van der Waals surface area contributed by atoms with E-state index in [1.165, 1.54) is 0 Å². The van der Waals surface area contributed by atoms with E-state index in [0.29, 0.717) is 19.8 Å². The van der Waals surface area contributed by atoms with Gasteiger partial charge in [-0.05, 0) is 36.6 Å². The fraction of sp³-hybridized carbons (Fsp3) is 0.333. The lowest BCUT2D eigenvalue weighted by molar-refractivity contribution is -0.130. The second kappa shape index (κ2) is 7.74. The molecule has 120 valence electrons. The van der Waals surface area contributed by atoms with Gasteiger partial charge in [0.1, 0.15) is 18.5 Å². The predicted octanol–water partition coefficient (Wildman–Crippen LogP) is 2.46. The zero-order valence-electron chi connectivity index (χ0n) is 12.9. The molecule has 0 aliphatic carbocycles. The molecule has 1 fully saturated rings. The minimum absolute atomic E-state index is 0.0283. The Bertz CT molecular complexity index is 622. The molecule has 0 saturated carbocycles. The number of carbonyl (C=O) groups excluding carboxylic acids is 1. The van der Waals surface area contributed by atoms with Crippen LogP contribution in [0.2, 0.25) is 0 Å². The molecular formula is C18H20N2O3. The van der Waals surface area contributed by atoms with E-state index in [1.807, 2.05) is 36.4 Å². The number of hydrogen-bond donors (Lipinski definition) is 1. The largest absolute Gasteiger partial charge is 0.489 e. The summed E-state index contributed by atoms with van der Waals surface area (Å²) >= 11 is 0. The van der Waals surface area contributed by atoms with Crippen molar-refractivity contribution in [1.82, 2.24) is 10.3 Å². The highest BCUT2D eigenvalue weighted by atomic mass is 16.5. The topological polar surface area (TPSA) is 60.5 Å². The molecule has 1 amide bonds. The van der Waals surface area contributed by atoms with Crippen molar-refractivity contribution in [2.75, 3.05) is 6.61 Å². The van der Waals surface area contributed by atoms with Crippen LogP contribution in [0.25, 0.3) is 0 Å². The standard InChI is InChI=1S/C18H20N2O3/c21-18(17-4-2-10-22-17)20-12-14-5-7-16(8-6-14)23-13-15-3-1-9-19-11-15/h1,3,5-9,11,17H,2,4,10,12-13H2,(H,20,21). The molecule has 5 heteroatoms. The Balaban J connectivity index is 1.46. The first-order valence-corrected chi connectivity index (χ1v) is 7.81. The number of amides is 1. The highest BCUT2D eigenvalue weighted by molar-refractivity contribution is 5.80. The molecule has 2 aromatic rings. The zero-order valence-corrected chi connectivity index (χ0v) is 12.9. The van der Waals surface area contributed by atoms with E-state index >= 15 is 0 Å². The van der Waals surface area contributed by atoms with Crippen LogP contribution in [0.15, 0.2) is 48.8 Å².